The lowest BCUT2D eigenvalue weighted by molar-refractivity contribution is 0.420. The van der Waals surface area contributed by atoms with E-state index in [1.54, 1.807) is 0 Å². The first-order chi connectivity index (χ1) is 34.9. The molecule has 0 amide bonds. The number of hydrazine groups is 1. The molecule has 2 heteroatoms. The summed E-state index contributed by atoms with van der Waals surface area (Å²) in [5.74, 6) is 5.68. The van der Waals surface area contributed by atoms with Gasteiger partial charge in [-0.1, -0.05) is 222 Å². The van der Waals surface area contributed by atoms with Crippen LogP contribution in [0.2, 0.25) is 0 Å². The summed E-state index contributed by atoms with van der Waals surface area (Å²) < 4.78 is 0. The number of aryl methyl sites for hydroxylation is 2. The van der Waals surface area contributed by atoms with Crippen molar-refractivity contribution in [2.75, 3.05) is 0 Å². The number of nitrogens with two attached hydrogens (primary N) is 1. The van der Waals surface area contributed by atoms with Crippen LogP contribution >= 0.6 is 0 Å². The minimum absolute atomic E-state index is 0.331. The molecule has 3 N–H and O–H groups in total. The van der Waals surface area contributed by atoms with Crippen molar-refractivity contribution < 1.29 is 0 Å². The van der Waals surface area contributed by atoms with Crippen molar-refractivity contribution in [2.24, 2.45) is 5.84 Å². The number of benzene rings is 8. The lowest BCUT2D eigenvalue weighted by Crippen LogP contribution is -2.31. The minimum Gasteiger partial charge on any atom is -0.271 e. The Kier molecular flexibility index (Phi) is 15.6. The summed E-state index contributed by atoms with van der Waals surface area (Å²) in [5, 5.41) is 0. The molecule has 12 rings (SSSR count). The van der Waals surface area contributed by atoms with E-state index in [1.807, 2.05) is 20.8 Å². The fraction of sp³-hybridized carbons (Fsp3) is 0.246. The first-order valence-electron chi connectivity index (χ1n) is 26.5. The zero-order valence-corrected chi connectivity index (χ0v) is 42.9. The van der Waals surface area contributed by atoms with Crippen LogP contribution in [-0.2, 0) is 18.3 Å². The average molecular weight is 929 g/mol. The standard InChI is InChI=1S/C49H38.C14H16.C4H12N2.C2H6/c1-32-25-26-35(30-43(32)48-37(29-33-13-3-2-4-14-33)17-12-21-38(48)34-15-11-16-34)36-27-28-42-41-20-7-10-24-46(41)49(47(42)31-36)44-22-8-5-18-39(44)40-19-6-9-23-45(40)49;1-2-12-8-10-14(11-9-12)13-6-4-3-5-7-13;1-3-4(2)6-5;1-2/h2-10,12-14,17-28,30-31,34H,11,15-16,29H2,1H3;3-4,6,8-11H,2,5,7H2,1H3;4,6H,3,5H2,1-2H3;1-2H3. The minimum atomic E-state index is -0.331. The van der Waals surface area contributed by atoms with E-state index in [-0.39, 0.29) is 5.41 Å². The Morgan fingerprint density at radius 2 is 1.15 bits per heavy atom. The topological polar surface area (TPSA) is 38.0 Å². The van der Waals surface area contributed by atoms with Gasteiger partial charge in [0.25, 0.3) is 0 Å². The smallest absolute Gasteiger partial charge is 0.0725 e. The van der Waals surface area contributed by atoms with Gasteiger partial charge in [-0.25, -0.2) is 0 Å². The Hall–Kier alpha value is -6.84. The second-order valence-electron chi connectivity index (χ2n) is 19.5. The summed E-state index contributed by atoms with van der Waals surface area (Å²) in [4.78, 5) is 0. The van der Waals surface area contributed by atoms with Crippen molar-refractivity contribution in [1.82, 2.24) is 5.43 Å². The molecule has 358 valence electrons. The van der Waals surface area contributed by atoms with Gasteiger partial charge in [0, 0.05) is 6.04 Å². The zero-order chi connectivity index (χ0) is 49.3. The largest absolute Gasteiger partial charge is 0.271 e. The van der Waals surface area contributed by atoms with Crippen LogP contribution in [0, 0.1) is 6.92 Å². The third-order valence-electron chi connectivity index (χ3n) is 15.4. The van der Waals surface area contributed by atoms with Crippen LogP contribution in [0.15, 0.2) is 200 Å². The molecule has 0 heterocycles. The van der Waals surface area contributed by atoms with E-state index in [0.29, 0.717) is 12.0 Å². The summed E-state index contributed by atoms with van der Waals surface area (Å²) in [6, 6.07) is 69.2. The molecule has 71 heavy (non-hydrogen) atoms. The van der Waals surface area contributed by atoms with Gasteiger partial charge in [0.05, 0.1) is 5.41 Å². The quantitative estimate of drug-likeness (QED) is 0.112. The number of hydrogen-bond donors (Lipinski definition) is 2. The van der Waals surface area contributed by atoms with Crippen LogP contribution in [-0.4, -0.2) is 6.04 Å². The van der Waals surface area contributed by atoms with E-state index in [1.165, 1.54) is 138 Å². The van der Waals surface area contributed by atoms with Gasteiger partial charge in [-0.05, 0) is 183 Å². The molecule has 1 atom stereocenters. The Morgan fingerprint density at radius 3 is 1.70 bits per heavy atom. The molecular weight excluding hydrogens is 857 g/mol. The van der Waals surface area contributed by atoms with Crippen molar-refractivity contribution in [1.29, 1.82) is 0 Å². The van der Waals surface area contributed by atoms with Gasteiger partial charge in [0.2, 0.25) is 0 Å². The highest BCUT2D eigenvalue weighted by atomic mass is 15.2. The first-order valence-corrected chi connectivity index (χ1v) is 26.5. The molecule has 4 aliphatic rings. The number of allylic oxidation sites excluding steroid dienone is 4. The monoisotopic (exact) mass is 929 g/mol. The highest BCUT2D eigenvalue weighted by Crippen LogP contribution is 2.63. The lowest BCUT2D eigenvalue weighted by atomic mass is 9.70. The molecule has 8 aromatic rings. The Bertz CT molecular complexity index is 3080. The number of rotatable bonds is 9. The highest BCUT2D eigenvalue weighted by molar-refractivity contribution is 5.96. The third-order valence-corrected chi connectivity index (χ3v) is 15.4. The van der Waals surface area contributed by atoms with Gasteiger partial charge in [-0.15, -0.1) is 0 Å². The fourth-order valence-electron chi connectivity index (χ4n) is 11.2. The number of nitrogens with one attached hydrogen (secondary N) is 1. The normalized spacial score (nSPS) is 14.7. The van der Waals surface area contributed by atoms with Crippen LogP contribution in [0.25, 0.3) is 50.1 Å². The van der Waals surface area contributed by atoms with Crippen molar-refractivity contribution >= 4 is 5.57 Å². The predicted molar refractivity (Wildman–Crippen MR) is 305 cm³/mol. The van der Waals surface area contributed by atoms with Crippen molar-refractivity contribution in [2.45, 2.75) is 110 Å². The highest BCUT2D eigenvalue weighted by Gasteiger charge is 2.51. The predicted octanol–water partition coefficient (Wildman–Crippen LogP) is 17.8. The molecular formula is C69H72N2. The first kappa shape index (κ1) is 49.2. The third kappa shape index (κ3) is 9.69. The lowest BCUT2D eigenvalue weighted by Gasteiger charge is -2.31. The molecule has 0 radical (unpaired) electrons. The molecule has 1 spiro atoms. The molecule has 4 aliphatic carbocycles. The van der Waals surface area contributed by atoms with Gasteiger partial charge in [-0.2, -0.15) is 0 Å². The molecule has 0 aromatic heterocycles. The molecule has 0 saturated heterocycles. The van der Waals surface area contributed by atoms with E-state index in [4.69, 9.17) is 5.84 Å². The van der Waals surface area contributed by atoms with Gasteiger partial charge >= 0.3 is 0 Å². The van der Waals surface area contributed by atoms with Gasteiger partial charge in [0.1, 0.15) is 0 Å². The second kappa shape index (κ2) is 22.5. The molecule has 1 fully saturated rings. The van der Waals surface area contributed by atoms with Crippen LogP contribution in [0.4, 0.5) is 0 Å². The Morgan fingerprint density at radius 1 is 0.577 bits per heavy atom. The van der Waals surface area contributed by atoms with Gasteiger partial charge < -0.3 is 0 Å². The molecule has 1 saturated carbocycles. The van der Waals surface area contributed by atoms with E-state index in [0.717, 1.165) is 19.3 Å². The summed E-state index contributed by atoms with van der Waals surface area (Å²) in [7, 11) is 0. The van der Waals surface area contributed by atoms with Crippen molar-refractivity contribution in [3.63, 3.8) is 0 Å². The zero-order valence-electron chi connectivity index (χ0n) is 42.9. The maximum absolute atomic E-state index is 5.03. The van der Waals surface area contributed by atoms with Gasteiger partial charge in [0.15, 0.2) is 0 Å². The second-order valence-corrected chi connectivity index (χ2v) is 19.5. The SMILES string of the molecule is CC.CCC(C)NN.CCc1ccc(C2=CC=CCC2)cc1.Cc1ccc(-c2ccc3c(c2)C2(c4ccccc4-c4ccccc42)c2ccccc2-3)cc1-c1c(Cc2ccccc2)cccc1C1CCC1. The molecule has 2 nitrogen and oxygen atoms in total. The van der Waals surface area contributed by atoms with Gasteiger partial charge in [-0.3, -0.25) is 11.3 Å². The summed E-state index contributed by atoms with van der Waals surface area (Å²) in [6.07, 6.45) is 16.0. The molecule has 8 aromatic carbocycles. The van der Waals surface area contributed by atoms with Crippen LogP contribution in [0.3, 0.4) is 0 Å². The maximum Gasteiger partial charge on any atom is 0.0725 e. The van der Waals surface area contributed by atoms with Crippen LogP contribution in [0.5, 0.6) is 0 Å². The summed E-state index contributed by atoms with van der Waals surface area (Å²) in [6.45, 7) is 12.6. The Labute approximate surface area is 425 Å². The van der Waals surface area contributed by atoms with E-state index in [2.05, 4.69) is 226 Å². The van der Waals surface area contributed by atoms with Crippen LogP contribution in [0.1, 0.15) is 135 Å². The fourth-order valence-corrected chi connectivity index (χ4v) is 11.2. The summed E-state index contributed by atoms with van der Waals surface area (Å²) >= 11 is 0. The van der Waals surface area contributed by atoms with E-state index in [9.17, 15) is 0 Å². The Balaban J connectivity index is 0.000000236. The summed E-state index contributed by atoms with van der Waals surface area (Å²) in [5.41, 5.74) is 28.6. The van der Waals surface area contributed by atoms with E-state index < -0.39 is 0 Å². The average Bonchev–Trinajstić information content (AvgIpc) is 3.89. The van der Waals surface area contributed by atoms with E-state index >= 15 is 0 Å². The molecule has 0 aliphatic heterocycles. The number of hydrogen-bond acceptors (Lipinski definition) is 2. The van der Waals surface area contributed by atoms with Crippen LogP contribution < -0.4 is 11.3 Å². The van der Waals surface area contributed by atoms with Crippen molar-refractivity contribution in [3.8, 4) is 44.5 Å². The van der Waals surface area contributed by atoms with Crippen molar-refractivity contribution in [3.05, 3.63) is 256 Å². The maximum atomic E-state index is 5.03. The number of fused-ring (bicyclic) bond motifs is 10. The molecule has 0 bridgehead atoms. The molecule has 1 unspecified atom stereocenters.